The van der Waals surface area contributed by atoms with Crippen LogP contribution in [0.5, 0.6) is 0 Å². The maximum Gasteiger partial charge on any atom is 0.0681 e. The Morgan fingerprint density at radius 3 is 2.50 bits per heavy atom. The third kappa shape index (κ3) is 1.57. The van der Waals surface area contributed by atoms with Crippen LogP contribution in [-0.2, 0) is 12.5 Å². The first-order chi connectivity index (χ1) is 6.48. The lowest BCUT2D eigenvalue weighted by Crippen LogP contribution is -2.36. The molecule has 1 fully saturated rings. The van der Waals surface area contributed by atoms with E-state index in [-0.39, 0.29) is 5.41 Å². The van der Waals surface area contributed by atoms with E-state index in [2.05, 4.69) is 37.3 Å². The molecular weight excluding hydrogens is 174 g/mol. The molecule has 0 amide bonds. The Kier molecular flexibility index (Phi) is 2.14. The van der Waals surface area contributed by atoms with Crippen molar-refractivity contribution in [1.82, 2.24) is 15.1 Å². The molecule has 1 aliphatic rings. The molecule has 0 bridgehead atoms. The molecule has 1 unspecified atom stereocenters. The van der Waals surface area contributed by atoms with Crippen molar-refractivity contribution in [3.05, 3.63) is 17.5 Å². The topological polar surface area (TPSA) is 29.9 Å². The summed E-state index contributed by atoms with van der Waals surface area (Å²) in [5.74, 6) is 0. The van der Waals surface area contributed by atoms with E-state index >= 15 is 0 Å². The van der Waals surface area contributed by atoms with Gasteiger partial charge in [-0.05, 0) is 19.0 Å². The van der Waals surface area contributed by atoms with Crippen LogP contribution in [-0.4, -0.2) is 16.3 Å². The maximum absolute atomic E-state index is 4.56. The molecule has 3 heteroatoms. The van der Waals surface area contributed by atoms with Crippen LogP contribution in [0.4, 0.5) is 0 Å². The summed E-state index contributed by atoms with van der Waals surface area (Å²) >= 11 is 0. The Labute approximate surface area is 85.5 Å². The summed E-state index contributed by atoms with van der Waals surface area (Å²) in [5.41, 5.74) is 2.66. The fraction of sp³-hybridized carbons (Fsp3) is 0.727. The van der Waals surface area contributed by atoms with Gasteiger partial charge < -0.3 is 5.32 Å². The standard InChI is InChI=1S/C11H19N3/c1-11(2,3)10-7-9(14(4)13-10)8-5-6-12-8/h7-8,12H,5-6H2,1-4H3. The maximum atomic E-state index is 4.56. The third-order valence-electron chi connectivity index (χ3n) is 2.87. The van der Waals surface area contributed by atoms with Crippen molar-refractivity contribution in [3.63, 3.8) is 0 Å². The second-order valence-electron chi connectivity index (χ2n) is 5.12. The van der Waals surface area contributed by atoms with Crippen molar-refractivity contribution < 1.29 is 0 Å². The molecule has 1 aromatic heterocycles. The lowest BCUT2D eigenvalue weighted by Gasteiger charge is -2.27. The molecule has 0 aromatic carbocycles. The molecule has 1 N–H and O–H groups in total. The molecular formula is C11H19N3. The van der Waals surface area contributed by atoms with Crippen LogP contribution >= 0.6 is 0 Å². The van der Waals surface area contributed by atoms with Crippen LogP contribution in [0.3, 0.4) is 0 Å². The van der Waals surface area contributed by atoms with Crippen LogP contribution in [0, 0.1) is 0 Å². The average molecular weight is 193 g/mol. The van der Waals surface area contributed by atoms with Crippen LogP contribution < -0.4 is 5.32 Å². The third-order valence-corrected chi connectivity index (χ3v) is 2.87. The predicted molar refractivity (Wildman–Crippen MR) is 57.3 cm³/mol. The Balaban J connectivity index is 2.29. The van der Waals surface area contributed by atoms with Gasteiger partial charge in [-0.25, -0.2) is 0 Å². The number of aryl methyl sites for hydroxylation is 1. The minimum atomic E-state index is 0.153. The molecule has 78 valence electrons. The van der Waals surface area contributed by atoms with Gasteiger partial charge in [0.05, 0.1) is 17.4 Å². The first-order valence-electron chi connectivity index (χ1n) is 5.26. The van der Waals surface area contributed by atoms with Gasteiger partial charge in [0.2, 0.25) is 0 Å². The largest absolute Gasteiger partial charge is 0.309 e. The SMILES string of the molecule is Cn1nc(C(C)(C)C)cc1C1CCN1. The van der Waals surface area contributed by atoms with Crippen LogP contribution in [0.2, 0.25) is 0 Å². The molecule has 2 heterocycles. The predicted octanol–water partition coefficient (Wildman–Crippen LogP) is 1.75. The summed E-state index contributed by atoms with van der Waals surface area (Å²) in [6.45, 7) is 7.74. The van der Waals surface area contributed by atoms with Crippen molar-refractivity contribution in [2.75, 3.05) is 6.54 Å². The van der Waals surface area contributed by atoms with Crippen molar-refractivity contribution in [2.24, 2.45) is 7.05 Å². The molecule has 3 nitrogen and oxygen atoms in total. The first kappa shape index (κ1) is 9.71. The number of nitrogens with one attached hydrogen (secondary N) is 1. The highest BCUT2D eigenvalue weighted by atomic mass is 15.3. The smallest absolute Gasteiger partial charge is 0.0681 e. The molecule has 0 radical (unpaired) electrons. The molecule has 1 aromatic rings. The summed E-state index contributed by atoms with van der Waals surface area (Å²) < 4.78 is 2.01. The molecule has 0 spiro atoms. The Morgan fingerprint density at radius 2 is 2.14 bits per heavy atom. The quantitative estimate of drug-likeness (QED) is 0.736. The fourth-order valence-electron chi connectivity index (χ4n) is 1.72. The number of aromatic nitrogens is 2. The highest BCUT2D eigenvalue weighted by molar-refractivity contribution is 5.21. The highest BCUT2D eigenvalue weighted by Crippen LogP contribution is 2.27. The minimum Gasteiger partial charge on any atom is -0.309 e. The minimum absolute atomic E-state index is 0.153. The van der Waals surface area contributed by atoms with E-state index in [1.807, 2.05) is 11.7 Å². The number of hydrogen-bond acceptors (Lipinski definition) is 2. The van der Waals surface area contributed by atoms with Gasteiger partial charge in [-0.1, -0.05) is 20.8 Å². The second-order valence-corrected chi connectivity index (χ2v) is 5.12. The van der Waals surface area contributed by atoms with Crippen molar-refractivity contribution in [1.29, 1.82) is 0 Å². The van der Waals surface area contributed by atoms with Crippen LogP contribution in [0.1, 0.15) is 44.6 Å². The van der Waals surface area contributed by atoms with Crippen LogP contribution in [0.25, 0.3) is 0 Å². The van der Waals surface area contributed by atoms with E-state index in [1.165, 1.54) is 17.8 Å². The molecule has 1 aliphatic heterocycles. The Hall–Kier alpha value is -0.830. The van der Waals surface area contributed by atoms with Crippen molar-refractivity contribution in [2.45, 2.75) is 38.6 Å². The van der Waals surface area contributed by atoms with E-state index in [0.717, 1.165) is 6.54 Å². The van der Waals surface area contributed by atoms with Gasteiger partial charge >= 0.3 is 0 Å². The first-order valence-corrected chi connectivity index (χ1v) is 5.26. The molecule has 2 rings (SSSR count). The average Bonchev–Trinajstić information content (AvgIpc) is 2.28. The molecule has 14 heavy (non-hydrogen) atoms. The fourth-order valence-corrected chi connectivity index (χ4v) is 1.72. The number of rotatable bonds is 1. The number of hydrogen-bond donors (Lipinski definition) is 1. The number of nitrogens with zero attached hydrogens (tertiary/aromatic N) is 2. The summed E-state index contributed by atoms with van der Waals surface area (Å²) in [6, 6.07) is 2.76. The van der Waals surface area contributed by atoms with Gasteiger partial charge in [-0.3, -0.25) is 4.68 Å². The lowest BCUT2D eigenvalue weighted by atomic mass is 9.91. The zero-order chi connectivity index (χ0) is 10.3. The van der Waals surface area contributed by atoms with Gasteiger partial charge in [-0.2, -0.15) is 5.10 Å². The monoisotopic (exact) mass is 193 g/mol. The van der Waals surface area contributed by atoms with Gasteiger partial charge in [0, 0.05) is 12.5 Å². The highest BCUT2D eigenvalue weighted by Gasteiger charge is 2.25. The van der Waals surface area contributed by atoms with Gasteiger partial charge in [0.15, 0.2) is 0 Å². The van der Waals surface area contributed by atoms with E-state index in [4.69, 9.17) is 0 Å². The van der Waals surface area contributed by atoms with Gasteiger partial charge in [0.1, 0.15) is 0 Å². The summed E-state index contributed by atoms with van der Waals surface area (Å²) in [5, 5.41) is 7.97. The molecule has 0 saturated carbocycles. The zero-order valence-electron chi connectivity index (χ0n) is 9.46. The Bertz CT molecular complexity index is 329. The normalized spacial score (nSPS) is 22.1. The zero-order valence-corrected chi connectivity index (χ0v) is 9.46. The van der Waals surface area contributed by atoms with E-state index in [1.54, 1.807) is 0 Å². The van der Waals surface area contributed by atoms with Crippen molar-refractivity contribution in [3.8, 4) is 0 Å². The Morgan fingerprint density at radius 1 is 1.50 bits per heavy atom. The molecule has 1 atom stereocenters. The summed E-state index contributed by atoms with van der Waals surface area (Å²) in [6.07, 6.45) is 1.24. The molecule has 1 saturated heterocycles. The van der Waals surface area contributed by atoms with Crippen LogP contribution in [0.15, 0.2) is 6.07 Å². The van der Waals surface area contributed by atoms with Crippen molar-refractivity contribution >= 4 is 0 Å². The lowest BCUT2D eigenvalue weighted by molar-refractivity contribution is 0.363. The van der Waals surface area contributed by atoms with E-state index in [9.17, 15) is 0 Å². The van der Waals surface area contributed by atoms with Gasteiger partial charge in [-0.15, -0.1) is 0 Å². The summed E-state index contributed by atoms with van der Waals surface area (Å²) in [7, 11) is 2.03. The second kappa shape index (κ2) is 3.09. The molecule has 0 aliphatic carbocycles. The van der Waals surface area contributed by atoms with Gasteiger partial charge in [0.25, 0.3) is 0 Å². The summed E-state index contributed by atoms with van der Waals surface area (Å²) in [4.78, 5) is 0. The van der Waals surface area contributed by atoms with E-state index < -0.39 is 0 Å². The van der Waals surface area contributed by atoms with E-state index in [0.29, 0.717) is 6.04 Å².